The smallest absolute Gasteiger partial charge is 0.220 e. The second-order valence-electron chi connectivity index (χ2n) is 7.05. The number of nitrogens with two attached hydrogens (primary N) is 1. The van der Waals surface area contributed by atoms with Crippen molar-refractivity contribution in [3.8, 4) is 11.3 Å². The molecule has 0 bridgehead atoms. The van der Waals surface area contributed by atoms with Crippen molar-refractivity contribution in [1.82, 2.24) is 15.0 Å². The van der Waals surface area contributed by atoms with Crippen molar-refractivity contribution in [2.24, 2.45) is 11.8 Å². The molecule has 0 aliphatic heterocycles. The van der Waals surface area contributed by atoms with Gasteiger partial charge in [0.05, 0.1) is 12.4 Å². The lowest BCUT2D eigenvalue weighted by molar-refractivity contribution is 0.383. The van der Waals surface area contributed by atoms with Gasteiger partial charge in [0.25, 0.3) is 0 Å². The largest absolute Gasteiger partial charge is 0.368 e. The number of nitrogens with zero attached hydrogens (tertiary/aromatic N) is 2. The van der Waals surface area contributed by atoms with Crippen LogP contribution in [0.4, 0.5) is 10.3 Å². The molecule has 2 atom stereocenters. The van der Waals surface area contributed by atoms with E-state index in [0.717, 1.165) is 41.1 Å². The number of H-pyrrole nitrogens is 1. The van der Waals surface area contributed by atoms with E-state index >= 15 is 0 Å². The Morgan fingerprint density at radius 1 is 1.42 bits per heavy atom. The Morgan fingerprint density at radius 2 is 2.27 bits per heavy atom. The van der Waals surface area contributed by atoms with Gasteiger partial charge in [-0.15, -0.1) is 0 Å². The van der Waals surface area contributed by atoms with Crippen LogP contribution in [0.25, 0.3) is 22.9 Å². The molecular formula is C21H27FN4. The number of nitrogen functional groups attached to an aromatic ring is 1. The highest BCUT2D eigenvalue weighted by Gasteiger charge is 2.14. The molecule has 5 heteroatoms. The highest BCUT2D eigenvalue weighted by atomic mass is 19.1. The Kier molecular flexibility index (Phi) is 5.86. The molecule has 0 saturated carbocycles. The van der Waals surface area contributed by atoms with Crippen LogP contribution in [-0.4, -0.2) is 21.6 Å². The Bertz CT molecular complexity index is 897. The molecule has 2 heterocycles. The predicted molar refractivity (Wildman–Crippen MR) is 105 cm³/mol. The number of anilines is 1. The van der Waals surface area contributed by atoms with E-state index in [1.807, 2.05) is 12.3 Å². The molecule has 4 nitrogen and oxygen atoms in total. The van der Waals surface area contributed by atoms with Crippen LogP contribution in [0.1, 0.15) is 39.5 Å². The third kappa shape index (κ3) is 4.03. The standard InChI is InChI=1S/C21H27FN4/c1-3-15(8-10-22)12-16-6-4-14(2)5-7-19-20(16)17(13-25-19)18-9-11-24-21(23)26-18/h4,6-7,9,11,13-15,25H,3,5,8,10,12H2,1-2H3,(H2,23,24,26). The van der Waals surface area contributed by atoms with Gasteiger partial charge in [0.1, 0.15) is 0 Å². The molecule has 0 saturated heterocycles. The average molecular weight is 354 g/mol. The summed E-state index contributed by atoms with van der Waals surface area (Å²) in [6, 6.07) is 1.88. The Hall–Kier alpha value is -2.43. The number of alkyl halides is 1. The minimum atomic E-state index is -0.271. The van der Waals surface area contributed by atoms with Crippen LogP contribution in [-0.2, 0) is 0 Å². The third-order valence-electron chi connectivity index (χ3n) is 5.10. The van der Waals surface area contributed by atoms with Gasteiger partial charge in [0.2, 0.25) is 5.95 Å². The number of fused-ring (bicyclic) bond motifs is 1. The molecule has 0 amide bonds. The fourth-order valence-corrected chi connectivity index (χ4v) is 3.50. The van der Waals surface area contributed by atoms with Crippen molar-refractivity contribution >= 4 is 17.6 Å². The molecular weight excluding hydrogens is 327 g/mol. The molecule has 0 aromatic carbocycles. The first kappa shape index (κ1) is 18.4. The van der Waals surface area contributed by atoms with Gasteiger partial charge in [0, 0.05) is 28.5 Å². The molecule has 3 N–H and O–H groups in total. The number of hydrogen-bond acceptors (Lipinski definition) is 3. The number of aromatic nitrogens is 3. The van der Waals surface area contributed by atoms with Gasteiger partial charge in [-0.1, -0.05) is 38.5 Å². The van der Waals surface area contributed by atoms with Gasteiger partial charge < -0.3 is 10.7 Å². The van der Waals surface area contributed by atoms with E-state index in [1.165, 1.54) is 5.57 Å². The van der Waals surface area contributed by atoms with Crippen molar-refractivity contribution in [2.45, 2.75) is 39.5 Å². The summed E-state index contributed by atoms with van der Waals surface area (Å²) in [6.07, 6.45) is 13.8. The first-order valence-corrected chi connectivity index (χ1v) is 9.36. The average Bonchev–Trinajstić information content (AvgIpc) is 3.04. The van der Waals surface area contributed by atoms with Crippen LogP contribution >= 0.6 is 0 Å². The van der Waals surface area contributed by atoms with Crippen molar-refractivity contribution < 1.29 is 4.39 Å². The number of rotatable bonds is 6. The Morgan fingerprint density at radius 3 is 3.00 bits per heavy atom. The van der Waals surface area contributed by atoms with Gasteiger partial charge in [-0.3, -0.25) is 4.39 Å². The summed E-state index contributed by atoms with van der Waals surface area (Å²) in [7, 11) is 0. The van der Waals surface area contributed by atoms with E-state index < -0.39 is 0 Å². The molecule has 3 rings (SSSR count). The second-order valence-corrected chi connectivity index (χ2v) is 7.05. The number of aromatic amines is 1. The first-order chi connectivity index (χ1) is 12.6. The lowest BCUT2D eigenvalue weighted by Gasteiger charge is -2.15. The molecule has 0 radical (unpaired) electrons. The summed E-state index contributed by atoms with van der Waals surface area (Å²) in [4.78, 5) is 11.8. The Labute approximate surface area is 153 Å². The SMILES string of the molecule is CCC(CCF)CC1=c2c(-c3ccnc(N)n3)c[nH]c2=CCC(C)C=C1. The van der Waals surface area contributed by atoms with Crippen LogP contribution in [0, 0.1) is 11.8 Å². The highest BCUT2D eigenvalue weighted by Crippen LogP contribution is 2.23. The van der Waals surface area contributed by atoms with Crippen LogP contribution in [0.2, 0.25) is 0 Å². The molecule has 2 aromatic heterocycles. The maximum absolute atomic E-state index is 12.9. The minimum Gasteiger partial charge on any atom is -0.368 e. The fourth-order valence-electron chi connectivity index (χ4n) is 3.50. The van der Waals surface area contributed by atoms with Crippen molar-refractivity contribution in [3.63, 3.8) is 0 Å². The van der Waals surface area contributed by atoms with E-state index in [2.05, 4.69) is 47.0 Å². The number of hydrogen-bond donors (Lipinski definition) is 2. The van der Waals surface area contributed by atoms with Gasteiger partial charge in [-0.05, 0) is 42.7 Å². The zero-order valence-corrected chi connectivity index (χ0v) is 15.5. The maximum atomic E-state index is 12.9. The quantitative estimate of drug-likeness (QED) is 0.836. The molecule has 0 spiro atoms. The van der Waals surface area contributed by atoms with E-state index in [0.29, 0.717) is 18.3 Å². The summed E-state index contributed by atoms with van der Waals surface area (Å²) in [5.41, 5.74) is 8.85. The summed E-state index contributed by atoms with van der Waals surface area (Å²) in [5.74, 6) is 1.07. The van der Waals surface area contributed by atoms with E-state index in [-0.39, 0.29) is 12.6 Å². The van der Waals surface area contributed by atoms with Crippen molar-refractivity contribution in [2.75, 3.05) is 12.4 Å². The zero-order valence-electron chi connectivity index (χ0n) is 15.5. The number of halogens is 1. The molecule has 2 aromatic rings. The maximum Gasteiger partial charge on any atom is 0.220 e. The van der Waals surface area contributed by atoms with Gasteiger partial charge >= 0.3 is 0 Å². The van der Waals surface area contributed by atoms with Crippen LogP contribution in [0.5, 0.6) is 0 Å². The summed E-state index contributed by atoms with van der Waals surface area (Å²) >= 11 is 0. The third-order valence-corrected chi connectivity index (χ3v) is 5.10. The summed E-state index contributed by atoms with van der Waals surface area (Å²) in [6.45, 7) is 4.07. The predicted octanol–water partition coefficient (Wildman–Crippen LogP) is 3.36. The van der Waals surface area contributed by atoms with Crippen LogP contribution in [0.15, 0.2) is 30.6 Å². The normalized spacial score (nSPS) is 18.0. The molecule has 2 unspecified atom stereocenters. The monoisotopic (exact) mass is 354 g/mol. The molecule has 1 aliphatic rings. The molecule has 138 valence electrons. The highest BCUT2D eigenvalue weighted by molar-refractivity contribution is 5.69. The number of allylic oxidation sites excluding steroid dienone is 2. The summed E-state index contributed by atoms with van der Waals surface area (Å²) < 4.78 is 12.9. The number of nitrogens with one attached hydrogen (secondary N) is 1. The van der Waals surface area contributed by atoms with Gasteiger partial charge in [-0.2, -0.15) is 0 Å². The molecule has 1 aliphatic carbocycles. The zero-order chi connectivity index (χ0) is 18.5. The van der Waals surface area contributed by atoms with Gasteiger partial charge in [0.15, 0.2) is 0 Å². The molecule has 0 fully saturated rings. The van der Waals surface area contributed by atoms with E-state index in [9.17, 15) is 4.39 Å². The summed E-state index contributed by atoms with van der Waals surface area (Å²) in [5, 5.41) is 2.27. The van der Waals surface area contributed by atoms with Crippen molar-refractivity contribution in [1.29, 1.82) is 0 Å². The minimum absolute atomic E-state index is 0.266. The second kappa shape index (κ2) is 8.30. The van der Waals surface area contributed by atoms with Crippen LogP contribution in [0.3, 0.4) is 0 Å². The van der Waals surface area contributed by atoms with Crippen molar-refractivity contribution in [3.05, 3.63) is 41.2 Å². The van der Waals surface area contributed by atoms with E-state index in [4.69, 9.17) is 5.73 Å². The lowest BCUT2D eigenvalue weighted by Crippen LogP contribution is -2.28. The van der Waals surface area contributed by atoms with Gasteiger partial charge in [-0.25, -0.2) is 9.97 Å². The van der Waals surface area contributed by atoms with Crippen LogP contribution < -0.4 is 16.3 Å². The topological polar surface area (TPSA) is 67.6 Å². The first-order valence-electron chi connectivity index (χ1n) is 9.36. The lowest BCUT2D eigenvalue weighted by atomic mass is 9.90. The van der Waals surface area contributed by atoms with E-state index in [1.54, 1.807) is 6.20 Å². The molecule has 26 heavy (non-hydrogen) atoms. The Balaban J connectivity index is 2.20. The fraction of sp³-hybridized carbons (Fsp3) is 0.429.